The molecule has 1 aromatic heterocycles. The molecule has 0 aliphatic carbocycles. The molecule has 3 heteroatoms. The Hall–Kier alpha value is -2.29. The minimum absolute atomic E-state index is 0.433. The van der Waals surface area contributed by atoms with Gasteiger partial charge in [0.05, 0.1) is 0 Å². The summed E-state index contributed by atoms with van der Waals surface area (Å²) in [5, 5.41) is 0. The van der Waals surface area contributed by atoms with Gasteiger partial charge in [-0.05, 0) is 28.8 Å². The minimum Gasteiger partial charge on any atom is -0.384 e. The Bertz CT molecular complexity index is 495. The van der Waals surface area contributed by atoms with Crippen LogP contribution in [-0.2, 0) is 0 Å². The first kappa shape index (κ1) is 10.2. The SMILES string of the molecule is C=Cc1ccc(-c2cc(N)nc(N)c2)cc1. The van der Waals surface area contributed by atoms with Gasteiger partial charge in [-0.25, -0.2) is 4.98 Å². The van der Waals surface area contributed by atoms with E-state index < -0.39 is 0 Å². The van der Waals surface area contributed by atoms with E-state index >= 15 is 0 Å². The first-order valence-corrected chi connectivity index (χ1v) is 4.95. The average molecular weight is 211 g/mol. The Morgan fingerprint density at radius 1 is 0.938 bits per heavy atom. The number of anilines is 2. The zero-order valence-corrected chi connectivity index (χ0v) is 8.85. The maximum Gasteiger partial charge on any atom is 0.126 e. The van der Waals surface area contributed by atoms with Gasteiger partial charge in [0.25, 0.3) is 0 Å². The van der Waals surface area contributed by atoms with E-state index in [1.165, 1.54) is 0 Å². The normalized spacial score (nSPS) is 10.0. The monoisotopic (exact) mass is 211 g/mol. The molecule has 0 amide bonds. The van der Waals surface area contributed by atoms with Crippen molar-refractivity contribution in [2.75, 3.05) is 11.5 Å². The van der Waals surface area contributed by atoms with Crippen LogP contribution in [0.25, 0.3) is 17.2 Å². The van der Waals surface area contributed by atoms with E-state index in [0.717, 1.165) is 16.7 Å². The molecular weight excluding hydrogens is 198 g/mol. The molecule has 0 atom stereocenters. The van der Waals surface area contributed by atoms with Gasteiger partial charge >= 0.3 is 0 Å². The van der Waals surface area contributed by atoms with Gasteiger partial charge in [-0.3, -0.25) is 0 Å². The van der Waals surface area contributed by atoms with Gasteiger partial charge in [0.15, 0.2) is 0 Å². The number of hydrogen-bond donors (Lipinski definition) is 2. The van der Waals surface area contributed by atoms with Crippen LogP contribution in [0.15, 0.2) is 43.0 Å². The number of aromatic nitrogens is 1. The summed E-state index contributed by atoms with van der Waals surface area (Å²) < 4.78 is 0. The molecule has 4 N–H and O–H groups in total. The van der Waals surface area contributed by atoms with Crippen LogP contribution in [0.3, 0.4) is 0 Å². The lowest BCUT2D eigenvalue weighted by Crippen LogP contribution is -1.96. The molecule has 0 saturated carbocycles. The molecule has 0 radical (unpaired) electrons. The summed E-state index contributed by atoms with van der Waals surface area (Å²) in [7, 11) is 0. The standard InChI is InChI=1S/C13H13N3/c1-2-9-3-5-10(6-4-9)11-7-12(14)16-13(15)8-11/h2-8H,1H2,(H4,14,15,16). The maximum atomic E-state index is 5.65. The van der Waals surface area contributed by atoms with Crippen molar-refractivity contribution < 1.29 is 0 Å². The van der Waals surface area contributed by atoms with Crippen LogP contribution in [0.5, 0.6) is 0 Å². The highest BCUT2D eigenvalue weighted by Gasteiger charge is 2.00. The van der Waals surface area contributed by atoms with Gasteiger partial charge in [0, 0.05) is 0 Å². The quantitative estimate of drug-likeness (QED) is 0.802. The summed E-state index contributed by atoms with van der Waals surface area (Å²) in [6.07, 6.45) is 1.80. The van der Waals surface area contributed by atoms with E-state index in [-0.39, 0.29) is 0 Å². The molecule has 1 aromatic carbocycles. The number of nitrogen functional groups attached to an aromatic ring is 2. The topological polar surface area (TPSA) is 64.9 Å². The molecule has 80 valence electrons. The van der Waals surface area contributed by atoms with Crippen LogP contribution in [-0.4, -0.2) is 4.98 Å². The van der Waals surface area contributed by atoms with E-state index in [9.17, 15) is 0 Å². The van der Waals surface area contributed by atoms with E-state index in [2.05, 4.69) is 11.6 Å². The van der Waals surface area contributed by atoms with E-state index in [0.29, 0.717) is 11.6 Å². The lowest BCUT2D eigenvalue weighted by Gasteiger charge is -2.04. The number of rotatable bonds is 2. The molecule has 2 aromatic rings. The van der Waals surface area contributed by atoms with Crippen molar-refractivity contribution in [2.24, 2.45) is 0 Å². The van der Waals surface area contributed by atoms with Crippen molar-refractivity contribution >= 4 is 17.7 Å². The Balaban J connectivity index is 2.45. The highest BCUT2D eigenvalue weighted by molar-refractivity contribution is 5.70. The Labute approximate surface area is 94.4 Å². The second-order valence-corrected chi connectivity index (χ2v) is 3.53. The Morgan fingerprint density at radius 2 is 1.50 bits per heavy atom. The zero-order chi connectivity index (χ0) is 11.5. The number of nitrogens with two attached hydrogens (primary N) is 2. The second-order valence-electron chi connectivity index (χ2n) is 3.53. The molecule has 0 aliphatic rings. The molecule has 16 heavy (non-hydrogen) atoms. The van der Waals surface area contributed by atoms with Gasteiger partial charge in [0.1, 0.15) is 11.6 Å². The fourth-order valence-electron chi connectivity index (χ4n) is 1.55. The number of pyridine rings is 1. The van der Waals surface area contributed by atoms with Crippen LogP contribution < -0.4 is 11.5 Å². The largest absolute Gasteiger partial charge is 0.384 e. The maximum absolute atomic E-state index is 5.65. The highest BCUT2D eigenvalue weighted by Crippen LogP contribution is 2.23. The van der Waals surface area contributed by atoms with Crippen molar-refractivity contribution in [3.63, 3.8) is 0 Å². The van der Waals surface area contributed by atoms with Crippen LogP contribution in [0, 0.1) is 0 Å². The molecule has 0 aliphatic heterocycles. The van der Waals surface area contributed by atoms with Crippen LogP contribution >= 0.6 is 0 Å². The number of nitrogens with zero attached hydrogens (tertiary/aromatic N) is 1. The van der Waals surface area contributed by atoms with Gasteiger partial charge in [-0.2, -0.15) is 0 Å². The lowest BCUT2D eigenvalue weighted by atomic mass is 10.0. The smallest absolute Gasteiger partial charge is 0.126 e. The summed E-state index contributed by atoms with van der Waals surface area (Å²) in [5.41, 5.74) is 14.4. The third-order valence-electron chi connectivity index (χ3n) is 2.34. The molecule has 0 unspecified atom stereocenters. The van der Waals surface area contributed by atoms with E-state index in [1.54, 1.807) is 18.2 Å². The summed E-state index contributed by atoms with van der Waals surface area (Å²) in [4.78, 5) is 3.93. The molecule has 3 nitrogen and oxygen atoms in total. The summed E-state index contributed by atoms with van der Waals surface area (Å²) in [6.45, 7) is 3.71. The fraction of sp³-hybridized carbons (Fsp3) is 0. The molecule has 0 fully saturated rings. The second kappa shape index (κ2) is 4.06. The Kier molecular flexibility index (Phi) is 2.60. The first-order valence-electron chi connectivity index (χ1n) is 4.95. The third-order valence-corrected chi connectivity index (χ3v) is 2.34. The fourth-order valence-corrected chi connectivity index (χ4v) is 1.55. The van der Waals surface area contributed by atoms with Crippen molar-refractivity contribution in [3.8, 4) is 11.1 Å². The minimum atomic E-state index is 0.433. The lowest BCUT2D eigenvalue weighted by molar-refractivity contribution is 1.34. The predicted molar refractivity (Wildman–Crippen MR) is 68.6 cm³/mol. The molecule has 0 bridgehead atoms. The first-order chi connectivity index (χ1) is 7.69. The van der Waals surface area contributed by atoms with Crippen molar-refractivity contribution in [2.45, 2.75) is 0 Å². The number of hydrogen-bond acceptors (Lipinski definition) is 3. The predicted octanol–water partition coefficient (Wildman–Crippen LogP) is 2.56. The van der Waals surface area contributed by atoms with Gasteiger partial charge < -0.3 is 11.5 Å². The summed E-state index contributed by atoms with van der Waals surface area (Å²) in [6, 6.07) is 11.6. The zero-order valence-electron chi connectivity index (χ0n) is 8.85. The summed E-state index contributed by atoms with van der Waals surface area (Å²) in [5.74, 6) is 0.866. The van der Waals surface area contributed by atoms with Gasteiger partial charge in [-0.1, -0.05) is 36.9 Å². The average Bonchev–Trinajstić information content (AvgIpc) is 2.28. The highest BCUT2D eigenvalue weighted by atomic mass is 14.9. The molecular formula is C13H13N3. The number of benzene rings is 1. The molecule has 0 saturated heterocycles. The van der Waals surface area contributed by atoms with Crippen molar-refractivity contribution in [1.82, 2.24) is 4.98 Å². The Morgan fingerprint density at radius 3 is 2.00 bits per heavy atom. The van der Waals surface area contributed by atoms with Gasteiger partial charge in [-0.15, -0.1) is 0 Å². The summed E-state index contributed by atoms with van der Waals surface area (Å²) >= 11 is 0. The van der Waals surface area contributed by atoms with Crippen LogP contribution in [0.4, 0.5) is 11.6 Å². The van der Waals surface area contributed by atoms with Crippen molar-refractivity contribution in [3.05, 3.63) is 48.5 Å². The molecule has 2 rings (SSSR count). The molecule has 1 heterocycles. The van der Waals surface area contributed by atoms with E-state index in [1.807, 2.05) is 24.3 Å². The van der Waals surface area contributed by atoms with Gasteiger partial charge in [0.2, 0.25) is 0 Å². The van der Waals surface area contributed by atoms with Crippen LogP contribution in [0.2, 0.25) is 0 Å². The van der Waals surface area contributed by atoms with Crippen molar-refractivity contribution in [1.29, 1.82) is 0 Å². The van der Waals surface area contributed by atoms with Crippen LogP contribution in [0.1, 0.15) is 5.56 Å². The van der Waals surface area contributed by atoms with E-state index in [4.69, 9.17) is 11.5 Å². The molecule has 0 spiro atoms. The third kappa shape index (κ3) is 2.03.